The average molecular weight is 574 g/mol. The molecule has 0 bridgehead atoms. The van der Waals surface area contributed by atoms with Crippen LogP contribution in [0.3, 0.4) is 0 Å². The van der Waals surface area contributed by atoms with Gasteiger partial charge >= 0.3 is 0 Å². The maximum Gasteiger partial charge on any atom is 0.247 e. The van der Waals surface area contributed by atoms with E-state index in [2.05, 4.69) is 40.2 Å². The van der Waals surface area contributed by atoms with Gasteiger partial charge in [0.15, 0.2) is 11.5 Å². The van der Waals surface area contributed by atoms with Gasteiger partial charge in [-0.05, 0) is 37.5 Å². The van der Waals surface area contributed by atoms with Gasteiger partial charge in [0.2, 0.25) is 16.0 Å². The Hall–Kier alpha value is -3.33. The molecule has 1 aromatic carbocycles. The minimum absolute atomic E-state index is 0.188. The molecule has 5 N–H and O–H groups in total. The Morgan fingerprint density at radius 1 is 1.18 bits per heavy atom. The van der Waals surface area contributed by atoms with E-state index >= 15 is 0 Å². The minimum Gasteiger partial charge on any atom is -0.368 e. The number of sulfonamides is 1. The molecule has 208 valence electrons. The van der Waals surface area contributed by atoms with Gasteiger partial charge in [0.1, 0.15) is 5.69 Å². The van der Waals surface area contributed by atoms with Crippen molar-refractivity contribution in [3.05, 3.63) is 34.6 Å². The third-order valence-electron chi connectivity index (χ3n) is 6.60. The molecule has 2 aromatic heterocycles. The van der Waals surface area contributed by atoms with E-state index in [-0.39, 0.29) is 6.04 Å². The number of nitrogens with one attached hydrogen (secondary N) is 5. The number of anilines is 4. The van der Waals surface area contributed by atoms with Gasteiger partial charge in [-0.15, -0.1) is 5.10 Å². The number of nitrogens with zero attached hydrogens (tertiary/aromatic N) is 6. The molecule has 1 aliphatic heterocycles. The first-order valence-electron chi connectivity index (χ1n) is 12.7. The van der Waals surface area contributed by atoms with Crippen LogP contribution in [0.25, 0.3) is 5.65 Å². The largest absolute Gasteiger partial charge is 0.368 e. The average Bonchev–Trinajstić information content (AvgIpc) is 3.60. The molecule has 1 saturated carbocycles. The first-order valence-corrected chi connectivity index (χ1v) is 15.0. The number of rotatable bonds is 11. The summed E-state index contributed by atoms with van der Waals surface area (Å²) in [6, 6.07) is 3.82. The summed E-state index contributed by atoms with van der Waals surface area (Å²) in [5.41, 5.74) is 3.10. The van der Waals surface area contributed by atoms with Gasteiger partial charge in [-0.2, -0.15) is 4.98 Å². The highest BCUT2D eigenvalue weighted by atomic mass is 35.5. The van der Waals surface area contributed by atoms with Crippen molar-refractivity contribution in [3.8, 4) is 0 Å². The summed E-state index contributed by atoms with van der Waals surface area (Å²) in [7, 11) is -3.25. The lowest BCUT2D eigenvalue weighted by molar-refractivity contribution is 0.242. The molecule has 1 saturated heterocycles. The fourth-order valence-corrected chi connectivity index (χ4v) is 5.77. The molecule has 0 radical (unpaired) electrons. The van der Waals surface area contributed by atoms with Crippen molar-refractivity contribution in [2.75, 3.05) is 54.5 Å². The lowest BCUT2D eigenvalue weighted by atomic mass is 10.1. The quantitative estimate of drug-likeness (QED) is 0.216. The number of halogens is 1. The molecule has 0 unspecified atom stereocenters. The highest BCUT2D eigenvalue weighted by Gasteiger charge is 2.25. The Labute approximate surface area is 232 Å². The number of imidazole rings is 1. The SMILES string of the molecule is C[C@@H](CN1CCN(c2cc(C=N)cc(Nc3nc(NC4CC4)c4ncc(C=N)n4n3)c2Cl)CC1)NS(C)(=O)=O. The molecule has 3 aromatic rings. The van der Waals surface area contributed by atoms with Crippen molar-refractivity contribution in [2.45, 2.75) is 31.8 Å². The van der Waals surface area contributed by atoms with Crippen LogP contribution in [-0.2, 0) is 10.0 Å². The smallest absolute Gasteiger partial charge is 0.247 e. The van der Waals surface area contributed by atoms with Crippen LogP contribution in [-0.4, -0.2) is 96.4 Å². The van der Waals surface area contributed by atoms with Crippen LogP contribution in [0.1, 0.15) is 31.0 Å². The third kappa shape index (κ3) is 6.46. The van der Waals surface area contributed by atoms with Crippen molar-refractivity contribution in [2.24, 2.45) is 0 Å². The molecule has 13 nitrogen and oxygen atoms in total. The number of aromatic nitrogens is 4. The normalized spacial score (nSPS) is 17.3. The molecule has 2 fully saturated rings. The third-order valence-corrected chi connectivity index (χ3v) is 7.83. The molecule has 5 rings (SSSR count). The number of hydrogen-bond acceptors (Lipinski definition) is 11. The van der Waals surface area contributed by atoms with E-state index < -0.39 is 10.0 Å². The number of fused-ring (bicyclic) bond motifs is 1. The molecule has 1 aliphatic carbocycles. The lowest BCUT2D eigenvalue weighted by Gasteiger charge is -2.37. The lowest BCUT2D eigenvalue weighted by Crippen LogP contribution is -2.50. The van der Waals surface area contributed by atoms with Crippen molar-refractivity contribution in [3.63, 3.8) is 0 Å². The zero-order chi connectivity index (χ0) is 27.7. The first kappa shape index (κ1) is 27.2. The van der Waals surface area contributed by atoms with Gasteiger partial charge in [-0.25, -0.2) is 22.6 Å². The molecule has 3 heterocycles. The second-order valence-electron chi connectivity index (χ2n) is 10.0. The van der Waals surface area contributed by atoms with Gasteiger partial charge in [-0.1, -0.05) is 11.6 Å². The van der Waals surface area contributed by atoms with Crippen molar-refractivity contribution in [1.82, 2.24) is 29.2 Å². The van der Waals surface area contributed by atoms with Crippen molar-refractivity contribution < 1.29 is 8.42 Å². The van der Waals surface area contributed by atoms with Gasteiger partial charge in [0.05, 0.1) is 28.9 Å². The second-order valence-corrected chi connectivity index (χ2v) is 12.2. The summed E-state index contributed by atoms with van der Waals surface area (Å²) in [6.45, 7) is 5.35. The van der Waals surface area contributed by atoms with Gasteiger partial charge in [-0.3, -0.25) is 4.90 Å². The number of hydrogen-bond donors (Lipinski definition) is 5. The van der Waals surface area contributed by atoms with E-state index in [0.717, 1.165) is 31.6 Å². The molecule has 0 amide bonds. The fourth-order valence-electron chi connectivity index (χ4n) is 4.68. The Bertz CT molecular complexity index is 1500. The topological polar surface area (TPSA) is 167 Å². The van der Waals surface area contributed by atoms with Crippen molar-refractivity contribution >= 4 is 62.8 Å². The van der Waals surface area contributed by atoms with Gasteiger partial charge in [0.25, 0.3) is 0 Å². The van der Waals surface area contributed by atoms with E-state index in [1.165, 1.54) is 18.7 Å². The van der Waals surface area contributed by atoms with Crippen LogP contribution >= 0.6 is 11.6 Å². The van der Waals surface area contributed by atoms with Crippen LogP contribution in [0.4, 0.5) is 23.1 Å². The van der Waals surface area contributed by atoms with Crippen LogP contribution < -0.4 is 20.3 Å². The van der Waals surface area contributed by atoms with E-state index in [1.807, 2.05) is 13.0 Å². The van der Waals surface area contributed by atoms with E-state index in [1.54, 1.807) is 16.8 Å². The van der Waals surface area contributed by atoms with Crippen LogP contribution in [0, 0.1) is 10.8 Å². The highest BCUT2D eigenvalue weighted by Crippen LogP contribution is 2.36. The fraction of sp³-hybridized carbons (Fsp3) is 0.458. The zero-order valence-electron chi connectivity index (χ0n) is 21.8. The maximum absolute atomic E-state index is 11.5. The monoisotopic (exact) mass is 573 g/mol. The predicted molar refractivity (Wildman–Crippen MR) is 154 cm³/mol. The standard InChI is InChI=1S/C24H32ClN11O2S/c1-15(33-39(2,37)38)14-34-5-7-35(8-6-34)20-10-16(11-26)9-19(21(20)25)30-24-31-22(29-17-3-4-17)23-28-13-18(12-27)36(23)32-24/h9-13,15,17,26-27,33H,3-8,14H2,1-2H3,(H2,29,30,31,32)/t15-/m0/s1. The molecule has 1 atom stereocenters. The summed E-state index contributed by atoms with van der Waals surface area (Å²) in [4.78, 5) is 13.4. The Morgan fingerprint density at radius 2 is 1.92 bits per heavy atom. The second kappa shape index (κ2) is 11.0. The molecule has 0 spiro atoms. The van der Waals surface area contributed by atoms with Gasteiger partial charge < -0.3 is 26.4 Å². The summed E-state index contributed by atoms with van der Waals surface area (Å²) >= 11 is 6.91. The van der Waals surface area contributed by atoms with Crippen LogP contribution in [0.2, 0.25) is 5.02 Å². The summed E-state index contributed by atoms with van der Waals surface area (Å²) in [5, 5.41) is 27.2. The first-order chi connectivity index (χ1) is 18.6. The summed E-state index contributed by atoms with van der Waals surface area (Å²) in [5.74, 6) is 0.872. The van der Waals surface area contributed by atoms with Crippen LogP contribution in [0.5, 0.6) is 0 Å². The van der Waals surface area contributed by atoms with E-state index in [4.69, 9.17) is 22.4 Å². The minimum atomic E-state index is -3.25. The highest BCUT2D eigenvalue weighted by molar-refractivity contribution is 7.88. The molecule has 2 aliphatic rings. The molecule has 39 heavy (non-hydrogen) atoms. The van der Waals surface area contributed by atoms with E-state index in [9.17, 15) is 8.42 Å². The predicted octanol–water partition coefficient (Wildman–Crippen LogP) is 2.15. The molecular formula is C24H32ClN11O2S. The van der Waals surface area contributed by atoms with Crippen molar-refractivity contribution in [1.29, 1.82) is 10.8 Å². The zero-order valence-corrected chi connectivity index (χ0v) is 23.3. The van der Waals surface area contributed by atoms with Gasteiger partial charge in [0, 0.05) is 57.2 Å². The summed E-state index contributed by atoms with van der Waals surface area (Å²) < 4.78 is 27.3. The molecule has 15 heteroatoms. The number of piperazine rings is 1. The Balaban J connectivity index is 1.37. The van der Waals surface area contributed by atoms with Crippen LogP contribution in [0.15, 0.2) is 18.3 Å². The Kier molecular flexibility index (Phi) is 7.71. The number of benzene rings is 1. The maximum atomic E-state index is 11.5. The van der Waals surface area contributed by atoms with E-state index in [0.29, 0.717) is 65.1 Å². The summed E-state index contributed by atoms with van der Waals surface area (Å²) in [6.07, 6.45) is 7.34. The Morgan fingerprint density at radius 3 is 2.56 bits per heavy atom. The molecular weight excluding hydrogens is 542 g/mol.